The van der Waals surface area contributed by atoms with Crippen molar-refractivity contribution >= 4 is 17.0 Å². The Balaban J connectivity index is 2.83. The van der Waals surface area contributed by atoms with Crippen molar-refractivity contribution in [2.75, 3.05) is 7.11 Å². The van der Waals surface area contributed by atoms with Crippen LogP contribution in [0.15, 0.2) is 29.2 Å². The quantitative estimate of drug-likeness (QED) is 0.602. The second-order valence-electron chi connectivity index (χ2n) is 2.65. The second kappa shape index (κ2) is 4.88. The highest BCUT2D eigenvalue weighted by Crippen LogP contribution is 2.09. The van der Waals surface area contributed by atoms with E-state index in [9.17, 15) is 9.00 Å². The average molecular weight is 214 g/mol. The smallest absolute Gasteiger partial charge is 0.309 e. The van der Waals surface area contributed by atoms with Crippen molar-refractivity contribution in [2.45, 2.75) is 11.3 Å². The van der Waals surface area contributed by atoms with Gasteiger partial charge in [0.05, 0.1) is 18.4 Å². The van der Waals surface area contributed by atoms with Gasteiger partial charge >= 0.3 is 5.97 Å². The van der Waals surface area contributed by atoms with Gasteiger partial charge in [0.15, 0.2) is 11.1 Å². The van der Waals surface area contributed by atoms with Gasteiger partial charge in [-0.3, -0.25) is 4.79 Å². The molecule has 0 aromatic heterocycles. The molecule has 0 aliphatic heterocycles. The molecule has 1 unspecified atom stereocenters. The molecule has 0 amide bonds. The van der Waals surface area contributed by atoms with Gasteiger partial charge in [-0.15, -0.1) is 0 Å². The molecule has 1 aromatic carbocycles. The fraction of sp³-hybridized carbons (Fsp3) is 0.222. The molecule has 76 valence electrons. The lowest BCUT2D eigenvalue weighted by atomic mass is 10.1. The maximum atomic E-state index is 10.9. The molecule has 0 spiro atoms. The van der Waals surface area contributed by atoms with E-state index in [1.54, 1.807) is 12.1 Å². The number of rotatable bonds is 3. The summed E-state index contributed by atoms with van der Waals surface area (Å²) in [5.74, 6) is -0.370. The zero-order chi connectivity index (χ0) is 10.6. The van der Waals surface area contributed by atoms with E-state index in [1.807, 2.05) is 0 Å². The van der Waals surface area contributed by atoms with Crippen LogP contribution in [0.4, 0.5) is 0 Å². The van der Waals surface area contributed by atoms with Crippen molar-refractivity contribution in [1.82, 2.24) is 0 Å². The van der Waals surface area contributed by atoms with Gasteiger partial charge in [-0.25, -0.2) is 4.21 Å². The summed E-state index contributed by atoms with van der Waals surface area (Å²) in [5, 5.41) is 0. The number of hydrogen-bond donors (Lipinski definition) is 1. The first-order valence-corrected chi connectivity index (χ1v) is 5.01. The second-order valence-corrected chi connectivity index (χ2v) is 3.62. The van der Waals surface area contributed by atoms with Gasteiger partial charge in [-0.05, 0) is 17.7 Å². The SMILES string of the molecule is COC(=O)Cc1cccc(S(=O)O)c1. The maximum Gasteiger partial charge on any atom is 0.309 e. The Morgan fingerprint density at radius 3 is 2.86 bits per heavy atom. The lowest BCUT2D eigenvalue weighted by Gasteiger charge is -2.01. The van der Waals surface area contributed by atoms with E-state index in [4.69, 9.17) is 4.55 Å². The molecular formula is C9H10O4S. The minimum absolute atomic E-state index is 0.113. The fourth-order valence-corrected chi connectivity index (χ4v) is 1.45. The Kier molecular flexibility index (Phi) is 3.79. The number of ether oxygens (including phenoxy) is 1. The molecule has 4 nitrogen and oxygen atoms in total. The lowest BCUT2D eigenvalue weighted by molar-refractivity contribution is -0.139. The van der Waals surface area contributed by atoms with Crippen molar-refractivity contribution in [2.24, 2.45) is 0 Å². The minimum Gasteiger partial charge on any atom is -0.469 e. The molecule has 0 bridgehead atoms. The van der Waals surface area contributed by atoms with Crippen LogP contribution in [-0.4, -0.2) is 21.8 Å². The highest BCUT2D eigenvalue weighted by Gasteiger charge is 2.05. The highest BCUT2D eigenvalue weighted by molar-refractivity contribution is 7.79. The lowest BCUT2D eigenvalue weighted by Crippen LogP contribution is -2.04. The zero-order valence-corrected chi connectivity index (χ0v) is 8.41. The fourth-order valence-electron chi connectivity index (χ4n) is 1.00. The van der Waals surface area contributed by atoms with Crippen LogP contribution in [0.3, 0.4) is 0 Å². The summed E-state index contributed by atoms with van der Waals surface area (Å²) >= 11 is -2.01. The van der Waals surface area contributed by atoms with Crippen LogP contribution >= 0.6 is 0 Å². The average Bonchev–Trinajstić information content (AvgIpc) is 2.18. The van der Waals surface area contributed by atoms with Crippen LogP contribution in [-0.2, 0) is 27.0 Å². The summed E-state index contributed by atoms with van der Waals surface area (Å²) < 4.78 is 24.0. The third-order valence-corrected chi connectivity index (χ3v) is 2.33. The number of esters is 1. The van der Waals surface area contributed by atoms with Crippen molar-refractivity contribution in [3.8, 4) is 0 Å². The van der Waals surface area contributed by atoms with Crippen molar-refractivity contribution in [1.29, 1.82) is 0 Å². The van der Waals surface area contributed by atoms with Gasteiger partial charge in [0.1, 0.15) is 0 Å². The summed E-state index contributed by atoms with van der Waals surface area (Å²) in [5.41, 5.74) is 0.664. The van der Waals surface area contributed by atoms with Gasteiger partial charge in [0, 0.05) is 0 Å². The first-order chi connectivity index (χ1) is 6.63. The largest absolute Gasteiger partial charge is 0.469 e. The molecule has 1 atom stereocenters. The van der Waals surface area contributed by atoms with E-state index in [0.717, 1.165) is 0 Å². The predicted molar refractivity (Wildman–Crippen MR) is 51.2 cm³/mol. The summed E-state index contributed by atoms with van der Waals surface area (Å²) in [4.78, 5) is 11.2. The summed E-state index contributed by atoms with van der Waals surface area (Å²) in [7, 11) is 1.30. The Bertz CT molecular complexity index is 362. The first kappa shape index (κ1) is 10.9. The predicted octanol–water partition coefficient (Wildman–Crippen LogP) is 0.983. The molecule has 0 aliphatic rings. The van der Waals surface area contributed by atoms with Crippen molar-refractivity contribution < 1.29 is 18.3 Å². The van der Waals surface area contributed by atoms with E-state index in [1.165, 1.54) is 19.2 Å². The zero-order valence-electron chi connectivity index (χ0n) is 7.60. The van der Waals surface area contributed by atoms with Crippen LogP contribution in [0.2, 0.25) is 0 Å². The van der Waals surface area contributed by atoms with E-state index < -0.39 is 11.1 Å². The van der Waals surface area contributed by atoms with Crippen molar-refractivity contribution in [3.05, 3.63) is 29.8 Å². The summed E-state index contributed by atoms with van der Waals surface area (Å²) in [6.07, 6.45) is 0.113. The standard InChI is InChI=1S/C9H10O4S/c1-13-9(10)6-7-3-2-4-8(5-7)14(11)12/h2-5H,6H2,1H3,(H,11,12). The van der Waals surface area contributed by atoms with Crippen LogP contribution in [0.1, 0.15) is 5.56 Å². The molecule has 0 saturated carbocycles. The number of benzene rings is 1. The van der Waals surface area contributed by atoms with Crippen LogP contribution < -0.4 is 0 Å². The Morgan fingerprint density at radius 1 is 1.57 bits per heavy atom. The van der Waals surface area contributed by atoms with Crippen LogP contribution in [0.5, 0.6) is 0 Å². The van der Waals surface area contributed by atoms with Crippen molar-refractivity contribution in [3.63, 3.8) is 0 Å². The Morgan fingerprint density at radius 2 is 2.29 bits per heavy atom. The third-order valence-electron chi connectivity index (χ3n) is 1.68. The molecule has 1 aromatic rings. The highest BCUT2D eigenvalue weighted by atomic mass is 32.2. The molecule has 1 rings (SSSR count). The van der Waals surface area contributed by atoms with Gasteiger partial charge in [-0.2, -0.15) is 0 Å². The number of carbonyl (C=O) groups excluding carboxylic acids is 1. The number of carbonyl (C=O) groups is 1. The van der Waals surface area contributed by atoms with Gasteiger partial charge < -0.3 is 9.29 Å². The maximum absolute atomic E-state index is 10.9. The normalized spacial score (nSPS) is 12.1. The molecule has 0 radical (unpaired) electrons. The van der Waals surface area contributed by atoms with E-state index in [0.29, 0.717) is 5.56 Å². The number of methoxy groups -OCH3 is 1. The van der Waals surface area contributed by atoms with E-state index in [-0.39, 0.29) is 17.3 Å². The Labute approximate surface area is 84.2 Å². The molecule has 5 heteroatoms. The first-order valence-electron chi connectivity index (χ1n) is 3.90. The van der Waals surface area contributed by atoms with Crippen LogP contribution in [0.25, 0.3) is 0 Å². The monoisotopic (exact) mass is 214 g/mol. The molecule has 0 fully saturated rings. The Hall–Kier alpha value is -1.20. The van der Waals surface area contributed by atoms with Gasteiger partial charge in [0.2, 0.25) is 0 Å². The number of hydrogen-bond acceptors (Lipinski definition) is 3. The molecule has 1 N–H and O–H groups in total. The summed E-state index contributed by atoms with van der Waals surface area (Å²) in [6, 6.07) is 6.36. The van der Waals surface area contributed by atoms with Gasteiger partial charge in [0.25, 0.3) is 0 Å². The molecule has 0 heterocycles. The minimum atomic E-state index is -2.01. The van der Waals surface area contributed by atoms with Crippen LogP contribution in [0, 0.1) is 0 Å². The van der Waals surface area contributed by atoms with Gasteiger partial charge in [-0.1, -0.05) is 12.1 Å². The molecular weight excluding hydrogens is 204 g/mol. The van der Waals surface area contributed by atoms with E-state index >= 15 is 0 Å². The molecule has 0 saturated heterocycles. The molecule has 14 heavy (non-hydrogen) atoms. The summed E-state index contributed by atoms with van der Waals surface area (Å²) in [6.45, 7) is 0. The van der Waals surface area contributed by atoms with E-state index in [2.05, 4.69) is 4.74 Å². The molecule has 0 aliphatic carbocycles. The third kappa shape index (κ3) is 2.93. The topological polar surface area (TPSA) is 63.6 Å².